The lowest BCUT2D eigenvalue weighted by Crippen LogP contribution is -2.37. The van der Waals surface area contributed by atoms with Crippen LogP contribution in [0.4, 0.5) is 0 Å². The summed E-state index contributed by atoms with van der Waals surface area (Å²) in [5.74, 6) is 1.95. The summed E-state index contributed by atoms with van der Waals surface area (Å²) in [6.07, 6.45) is 7.06. The molecule has 3 rings (SSSR count). The molecule has 1 saturated heterocycles. The van der Waals surface area contributed by atoms with Gasteiger partial charge in [0.05, 0.1) is 6.54 Å². The average molecular weight is 249 g/mol. The standard InChI is InChI=1S/C13H23N5/c1-17-13(15-10-16-17)9-18-6-4-11(5-7-18)8-14-12-2-3-12/h10-12,14H,2-9H2,1H3. The molecular weight excluding hydrogens is 226 g/mol. The van der Waals surface area contributed by atoms with E-state index in [1.54, 1.807) is 6.33 Å². The summed E-state index contributed by atoms with van der Waals surface area (Å²) in [4.78, 5) is 6.79. The van der Waals surface area contributed by atoms with Gasteiger partial charge in [0.25, 0.3) is 0 Å². The van der Waals surface area contributed by atoms with Gasteiger partial charge in [-0.05, 0) is 51.2 Å². The van der Waals surface area contributed by atoms with Crippen molar-refractivity contribution >= 4 is 0 Å². The first kappa shape index (κ1) is 12.1. The number of nitrogens with zero attached hydrogens (tertiary/aromatic N) is 4. The number of nitrogens with one attached hydrogen (secondary N) is 1. The van der Waals surface area contributed by atoms with Gasteiger partial charge in [0.15, 0.2) is 0 Å². The van der Waals surface area contributed by atoms with Crippen molar-refractivity contribution in [1.82, 2.24) is 25.0 Å². The van der Waals surface area contributed by atoms with Gasteiger partial charge in [0, 0.05) is 13.1 Å². The Morgan fingerprint density at radius 1 is 1.28 bits per heavy atom. The SMILES string of the molecule is Cn1ncnc1CN1CCC(CNC2CC2)CC1. The Morgan fingerprint density at radius 3 is 2.67 bits per heavy atom. The first-order chi connectivity index (χ1) is 8.81. The normalized spacial score (nSPS) is 22.5. The number of likely N-dealkylation sites (tertiary alicyclic amines) is 1. The van der Waals surface area contributed by atoms with Crippen molar-refractivity contribution in [3.05, 3.63) is 12.2 Å². The van der Waals surface area contributed by atoms with Gasteiger partial charge in [0.1, 0.15) is 12.2 Å². The van der Waals surface area contributed by atoms with Crippen LogP contribution in [0.5, 0.6) is 0 Å². The van der Waals surface area contributed by atoms with Crippen LogP contribution in [0.15, 0.2) is 6.33 Å². The van der Waals surface area contributed by atoms with Crippen LogP contribution in [0.2, 0.25) is 0 Å². The molecule has 1 aliphatic carbocycles. The molecule has 0 unspecified atom stereocenters. The van der Waals surface area contributed by atoms with Crippen molar-refractivity contribution in [1.29, 1.82) is 0 Å². The summed E-state index contributed by atoms with van der Waals surface area (Å²) in [6, 6.07) is 0.849. The zero-order valence-electron chi connectivity index (χ0n) is 11.2. The van der Waals surface area contributed by atoms with E-state index >= 15 is 0 Å². The predicted octanol–water partition coefficient (Wildman–Crippen LogP) is 0.779. The van der Waals surface area contributed by atoms with Crippen LogP contribution in [0.25, 0.3) is 0 Å². The molecule has 100 valence electrons. The van der Waals surface area contributed by atoms with Crippen LogP contribution in [0, 0.1) is 5.92 Å². The minimum atomic E-state index is 0.849. The molecule has 5 heteroatoms. The van der Waals surface area contributed by atoms with E-state index in [9.17, 15) is 0 Å². The third-order valence-corrected chi connectivity index (χ3v) is 4.15. The minimum Gasteiger partial charge on any atom is -0.314 e. The predicted molar refractivity (Wildman–Crippen MR) is 70.0 cm³/mol. The summed E-state index contributed by atoms with van der Waals surface area (Å²) in [6.45, 7) is 4.56. The van der Waals surface area contributed by atoms with Crippen LogP contribution in [-0.2, 0) is 13.6 Å². The third kappa shape index (κ3) is 3.09. The molecule has 0 spiro atoms. The van der Waals surface area contributed by atoms with E-state index in [-0.39, 0.29) is 0 Å². The Kier molecular flexibility index (Phi) is 3.61. The topological polar surface area (TPSA) is 46.0 Å². The molecular formula is C13H23N5. The molecule has 0 radical (unpaired) electrons. The lowest BCUT2D eigenvalue weighted by molar-refractivity contribution is 0.170. The first-order valence-electron chi connectivity index (χ1n) is 7.10. The lowest BCUT2D eigenvalue weighted by atomic mass is 9.97. The summed E-state index contributed by atoms with van der Waals surface area (Å²) in [7, 11) is 1.97. The van der Waals surface area contributed by atoms with Gasteiger partial charge in [-0.2, -0.15) is 5.10 Å². The molecule has 1 N–H and O–H groups in total. The number of piperidine rings is 1. The zero-order chi connectivity index (χ0) is 12.4. The molecule has 0 aromatic carbocycles. The zero-order valence-corrected chi connectivity index (χ0v) is 11.2. The van der Waals surface area contributed by atoms with Crippen molar-refractivity contribution in [2.75, 3.05) is 19.6 Å². The Bertz CT molecular complexity index is 376. The quantitative estimate of drug-likeness (QED) is 0.837. The second-order valence-corrected chi connectivity index (χ2v) is 5.70. The van der Waals surface area contributed by atoms with E-state index < -0.39 is 0 Å². The van der Waals surface area contributed by atoms with Crippen LogP contribution in [0.1, 0.15) is 31.5 Å². The van der Waals surface area contributed by atoms with E-state index in [1.165, 1.54) is 45.3 Å². The fraction of sp³-hybridized carbons (Fsp3) is 0.846. The molecule has 1 aromatic rings. The molecule has 1 aromatic heterocycles. The van der Waals surface area contributed by atoms with Crippen LogP contribution in [0.3, 0.4) is 0 Å². The van der Waals surface area contributed by atoms with Crippen LogP contribution >= 0.6 is 0 Å². The van der Waals surface area contributed by atoms with Crippen molar-refractivity contribution < 1.29 is 0 Å². The highest BCUT2D eigenvalue weighted by atomic mass is 15.3. The van der Waals surface area contributed by atoms with Gasteiger partial charge in [0.2, 0.25) is 0 Å². The van der Waals surface area contributed by atoms with E-state index in [4.69, 9.17) is 0 Å². The maximum absolute atomic E-state index is 4.29. The highest BCUT2D eigenvalue weighted by molar-refractivity contribution is 4.86. The van der Waals surface area contributed by atoms with E-state index in [1.807, 2.05) is 11.7 Å². The van der Waals surface area contributed by atoms with Gasteiger partial charge in [-0.1, -0.05) is 0 Å². The van der Waals surface area contributed by atoms with Crippen molar-refractivity contribution in [3.63, 3.8) is 0 Å². The molecule has 2 heterocycles. The van der Waals surface area contributed by atoms with Gasteiger partial charge >= 0.3 is 0 Å². The molecule has 0 atom stereocenters. The molecule has 0 bridgehead atoms. The molecule has 1 aliphatic heterocycles. The summed E-state index contributed by atoms with van der Waals surface area (Å²) >= 11 is 0. The van der Waals surface area contributed by atoms with E-state index in [0.29, 0.717) is 0 Å². The molecule has 2 aliphatic rings. The highest BCUT2D eigenvalue weighted by Crippen LogP contribution is 2.22. The number of hydrogen-bond donors (Lipinski definition) is 1. The van der Waals surface area contributed by atoms with Crippen molar-refractivity contribution in [2.24, 2.45) is 13.0 Å². The maximum atomic E-state index is 4.29. The minimum absolute atomic E-state index is 0.849. The van der Waals surface area contributed by atoms with E-state index in [2.05, 4.69) is 20.3 Å². The number of aromatic nitrogens is 3. The van der Waals surface area contributed by atoms with Gasteiger partial charge in [-0.15, -0.1) is 0 Å². The Balaban J connectivity index is 1.40. The van der Waals surface area contributed by atoms with Gasteiger partial charge in [-0.3, -0.25) is 9.58 Å². The van der Waals surface area contributed by atoms with Crippen molar-refractivity contribution in [3.8, 4) is 0 Å². The molecule has 18 heavy (non-hydrogen) atoms. The fourth-order valence-electron chi connectivity index (χ4n) is 2.63. The smallest absolute Gasteiger partial charge is 0.140 e. The molecule has 5 nitrogen and oxygen atoms in total. The van der Waals surface area contributed by atoms with Crippen molar-refractivity contribution in [2.45, 2.75) is 38.3 Å². The van der Waals surface area contributed by atoms with E-state index in [0.717, 1.165) is 24.3 Å². The summed E-state index contributed by atoms with van der Waals surface area (Å²) in [5.41, 5.74) is 0. The first-order valence-corrected chi connectivity index (χ1v) is 7.10. The number of aryl methyl sites for hydroxylation is 1. The second-order valence-electron chi connectivity index (χ2n) is 5.70. The Labute approximate surface area is 109 Å². The second kappa shape index (κ2) is 5.36. The summed E-state index contributed by atoms with van der Waals surface area (Å²) in [5, 5.41) is 7.77. The molecule has 1 saturated carbocycles. The fourth-order valence-corrected chi connectivity index (χ4v) is 2.63. The Hall–Kier alpha value is -0.940. The average Bonchev–Trinajstić information content (AvgIpc) is 3.13. The maximum Gasteiger partial charge on any atom is 0.140 e. The number of rotatable bonds is 5. The highest BCUT2D eigenvalue weighted by Gasteiger charge is 2.24. The van der Waals surface area contributed by atoms with Gasteiger partial charge < -0.3 is 5.32 Å². The molecule has 2 fully saturated rings. The third-order valence-electron chi connectivity index (χ3n) is 4.15. The van der Waals surface area contributed by atoms with Gasteiger partial charge in [-0.25, -0.2) is 4.98 Å². The summed E-state index contributed by atoms with van der Waals surface area (Å²) < 4.78 is 1.88. The van der Waals surface area contributed by atoms with Crippen LogP contribution in [-0.4, -0.2) is 45.3 Å². The van der Waals surface area contributed by atoms with Crippen LogP contribution < -0.4 is 5.32 Å². The molecule has 0 amide bonds. The monoisotopic (exact) mass is 249 g/mol. The largest absolute Gasteiger partial charge is 0.314 e. The number of hydrogen-bond acceptors (Lipinski definition) is 4. The Morgan fingerprint density at radius 2 is 2.06 bits per heavy atom. The lowest BCUT2D eigenvalue weighted by Gasteiger charge is -2.31.